The van der Waals surface area contributed by atoms with E-state index in [0.717, 1.165) is 0 Å². The normalized spacial score (nSPS) is 33.1. The molecule has 0 aliphatic heterocycles. The Hall–Kier alpha value is -0.530. The van der Waals surface area contributed by atoms with Crippen LogP contribution in [0.1, 0.15) is 33.6 Å². The fourth-order valence-electron chi connectivity index (χ4n) is 2.76. The van der Waals surface area contributed by atoms with Crippen molar-refractivity contribution >= 4 is 5.97 Å². The van der Waals surface area contributed by atoms with Crippen LogP contribution in [0.2, 0.25) is 0 Å². The Kier molecular flexibility index (Phi) is 1.37. The van der Waals surface area contributed by atoms with Gasteiger partial charge in [0.2, 0.25) is 0 Å². The van der Waals surface area contributed by atoms with Crippen LogP contribution in [-0.2, 0) is 9.53 Å². The van der Waals surface area contributed by atoms with Crippen LogP contribution in [0.5, 0.6) is 0 Å². The van der Waals surface area contributed by atoms with Crippen LogP contribution in [-0.4, -0.2) is 12.6 Å². The van der Waals surface area contributed by atoms with Gasteiger partial charge in [-0.1, -0.05) is 13.8 Å². The molecular formula is C10H16O2. The van der Waals surface area contributed by atoms with E-state index in [1.54, 1.807) is 0 Å². The van der Waals surface area contributed by atoms with Crippen LogP contribution in [0.25, 0.3) is 0 Å². The summed E-state index contributed by atoms with van der Waals surface area (Å²) in [5.41, 5.74) is 0.582. The monoisotopic (exact) mass is 168 g/mol. The second kappa shape index (κ2) is 2.04. The molecule has 2 aliphatic carbocycles. The summed E-state index contributed by atoms with van der Waals surface area (Å²) in [6.45, 7) is 6.75. The molecule has 2 rings (SSSR count). The molecule has 1 spiro atoms. The Morgan fingerprint density at radius 3 is 2.42 bits per heavy atom. The van der Waals surface area contributed by atoms with Gasteiger partial charge < -0.3 is 4.74 Å². The van der Waals surface area contributed by atoms with E-state index < -0.39 is 0 Å². The van der Waals surface area contributed by atoms with Crippen molar-refractivity contribution in [3.05, 3.63) is 0 Å². The molecule has 0 radical (unpaired) electrons. The van der Waals surface area contributed by atoms with Gasteiger partial charge in [-0.25, -0.2) is 0 Å². The third-order valence-corrected chi connectivity index (χ3v) is 3.79. The minimum absolute atomic E-state index is 0.0278. The van der Waals surface area contributed by atoms with Gasteiger partial charge in [0, 0.05) is 0 Å². The highest BCUT2D eigenvalue weighted by atomic mass is 16.5. The van der Waals surface area contributed by atoms with Gasteiger partial charge >= 0.3 is 5.97 Å². The molecule has 2 saturated carbocycles. The lowest BCUT2D eigenvalue weighted by molar-refractivity contribution is -0.145. The average Bonchev–Trinajstić information content (AvgIpc) is 2.76. The largest absolute Gasteiger partial charge is 0.466 e. The predicted octanol–water partition coefficient (Wildman–Crippen LogP) is 1.99. The maximum absolute atomic E-state index is 11.5. The van der Waals surface area contributed by atoms with Crippen molar-refractivity contribution < 1.29 is 9.53 Å². The number of carbonyl (C=O) groups excluding carboxylic acids is 1. The summed E-state index contributed by atoms with van der Waals surface area (Å²) in [5, 5.41) is 0. The van der Waals surface area contributed by atoms with Crippen molar-refractivity contribution in [3.8, 4) is 0 Å². The molecule has 12 heavy (non-hydrogen) atoms. The molecule has 0 aromatic rings. The number of esters is 1. The second-order valence-electron chi connectivity index (χ2n) is 4.56. The maximum Gasteiger partial charge on any atom is 0.310 e. The van der Waals surface area contributed by atoms with Crippen LogP contribution in [0, 0.1) is 16.7 Å². The molecule has 0 amide bonds. The molecule has 0 saturated heterocycles. The number of ether oxygens (including phenoxy) is 1. The van der Waals surface area contributed by atoms with Crippen LogP contribution >= 0.6 is 0 Å². The van der Waals surface area contributed by atoms with E-state index in [9.17, 15) is 4.79 Å². The Bertz CT molecular complexity index is 222. The summed E-state index contributed by atoms with van der Waals surface area (Å²) in [5.74, 6) is 0.227. The van der Waals surface area contributed by atoms with E-state index in [2.05, 4.69) is 13.8 Å². The second-order valence-corrected chi connectivity index (χ2v) is 4.56. The zero-order valence-corrected chi connectivity index (χ0v) is 8.02. The summed E-state index contributed by atoms with van der Waals surface area (Å²) in [6.07, 6.45) is 2.45. The first kappa shape index (κ1) is 8.09. The summed E-state index contributed by atoms with van der Waals surface area (Å²) in [7, 11) is 0. The molecule has 68 valence electrons. The van der Waals surface area contributed by atoms with E-state index in [0.29, 0.717) is 12.0 Å². The fourth-order valence-corrected chi connectivity index (χ4v) is 2.76. The minimum atomic E-state index is 0.0278. The molecule has 1 atom stereocenters. The highest BCUT2D eigenvalue weighted by Crippen LogP contribution is 2.82. The third kappa shape index (κ3) is 0.732. The topological polar surface area (TPSA) is 26.3 Å². The number of rotatable bonds is 2. The molecule has 0 heterocycles. The van der Waals surface area contributed by atoms with E-state index in [-0.39, 0.29) is 17.3 Å². The van der Waals surface area contributed by atoms with Crippen LogP contribution in [0.3, 0.4) is 0 Å². The Morgan fingerprint density at radius 1 is 1.50 bits per heavy atom. The molecule has 2 fully saturated rings. The van der Waals surface area contributed by atoms with Gasteiger partial charge in [-0.05, 0) is 30.6 Å². The first-order valence-corrected chi connectivity index (χ1v) is 4.73. The van der Waals surface area contributed by atoms with Gasteiger partial charge in [0.15, 0.2) is 0 Å². The molecule has 0 N–H and O–H groups in total. The molecule has 2 nitrogen and oxygen atoms in total. The minimum Gasteiger partial charge on any atom is -0.466 e. The predicted molar refractivity (Wildman–Crippen MR) is 45.6 cm³/mol. The summed E-state index contributed by atoms with van der Waals surface area (Å²) < 4.78 is 5.04. The SMILES string of the molecule is CCOC(=O)C1C(C)(C)C12CC2. The molecule has 0 bridgehead atoms. The summed E-state index contributed by atoms with van der Waals surface area (Å²) >= 11 is 0. The number of carbonyl (C=O) groups is 1. The van der Waals surface area contributed by atoms with E-state index in [1.807, 2.05) is 6.92 Å². The van der Waals surface area contributed by atoms with Crippen molar-refractivity contribution in [3.63, 3.8) is 0 Å². The third-order valence-electron chi connectivity index (χ3n) is 3.79. The van der Waals surface area contributed by atoms with Crippen molar-refractivity contribution in [2.75, 3.05) is 6.61 Å². The summed E-state index contributed by atoms with van der Waals surface area (Å²) in [4.78, 5) is 11.5. The number of hydrogen-bond acceptors (Lipinski definition) is 2. The quantitative estimate of drug-likeness (QED) is 0.589. The first-order valence-electron chi connectivity index (χ1n) is 4.73. The molecule has 2 aliphatic rings. The van der Waals surface area contributed by atoms with Gasteiger partial charge in [-0.2, -0.15) is 0 Å². The zero-order valence-electron chi connectivity index (χ0n) is 8.02. The van der Waals surface area contributed by atoms with Crippen LogP contribution in [0.4, 0.5) is 0 Å². The molecule has 0 aromatic heterocycles. The lowest BCUT2D eigenvalue weighted by atomic mass is 10.1. The highest BCUT2D eigenvalue weighted by Gasteiger charge is 2.80. The Morgan fingerprint density at radius 2 is 2.08 bits per heavy atom. The van der Waals surface area contributed by atoms with Crippen molar-refractivity contribution in [1.29, 1.82) is 0 Å². The molecule has 2 heteroatoms. The van der Waals surface area contributed by atoms with Gasteiger partial charge in [0.1, 0.15) is 0 Å². The van der Waals surface area contributed by atoms with Gasteiger partial charge in [0.25, 0.3) is 0 Å². The molecular weight excluding hydrogens is 152 g/mol. The van der Waals surface area contributed by atoms with Crippen molar-refractivity contribution in [2.45, 2.75) is 33.6 Å². The fraction of sp³-hybridized carbons (Fsp3) is 0.900. The zero-order chi connectivity index (χ0) is 8.98. The standard InChI is InChI=1S/C10H16O2/c1-4-12-8(11)7-9(2,3)10(7)5-6-10/h7H,4-6H2,1-3H3. The van der Waals surface area contributed by atoms with E-state index in [4.69, 9.17) is 4.74 Å². The highest BCUT2D eigenvalue weighted by molar-refractivity contribution is 5.80. The van der Waals surface area contributed by atoms with Gasteiger partial charge in [0.05, 0.1) is 12.5 Å². The smallest absolute Gasteiger partial charge is 0.310 e. The van der Waals surface area contributed by atoms with E-state index in [1.165, 1.54) is 12.8 Å². The molecule has 0 aromatic carbocycles. The maximum atomic E-state index is 11.5. The Labute approximate surface area is 73.3 Å². The van der Waals surface area contributed by atoms with E-state index >= 15 is 0 Å². The average molecular weight is 168 g/mol. The lowest BCUT2D eigenvalue weighted by Crippen LogP contribution is -2.10. The summed E-state index contributed by atoms with van der Waals surface area (Å²) in [6, 6.07) is 0. The van der Waals surface area contributed by atoms with Gasteiger partial charge in [-0.15, -0.1) is 0 Å². The van der Waals surface area contributed by atoms with Crippen molar-refractivity contribution in [1.82, 2.24) is 0 Å². The van der Waals surface area contributed by atoms with Crippen LogP contribution < -0.4 is 0 Å². The van der Waals surface area contributed by atoms with Crippen molar-refractivity contribution in [2.24, 2.45) is 16.7 Å². The number of hydrogen-bond donors (Lipinski definition) is 0. The molecule has 1 unspecified atom stereocenters. The van der Waals surface area contributed by atoms with Gasteiger partial charge in [-0.3, -0.25) is 4.79 Å². The van der Waals surface area contributed by atoms with Crippen LogP contribution in [0.15, 0.2) is 0 Å². The lowest BCUT2D eigenvalue weighted by Gasteiger charge is -2.01. The Balaban J connectivity index is 2.04. The first-order chi connectivity index (χ1) is 5.56.